The van der Waals surface area contributed by atoms with E-state index >= 15 is 0 Å². The summed E-state index contributed by atoms with van der Waals surface area (Å²) in [5, 5.41) is 0. The van der Waals surface area contributed by atoms with Gasteiger partial charge in [0.2, 0.25) is 5.91 Å². The van der Waals surface area contributed by atoms with Gasteiger partial charge < -0.3 is 9.64 Å². The minimum atomic E-state index is -0.0611. The van der Waals surface area contributed by atoms with E-state index in [1.165, 1.54) is 11.1 Å². The average Bonchev–Trinajstić information content (AvgIpc) is 2.61. The van der Waals surface area contributed by atoms with Gasteiger partial charge in [-0.1, -0.05) is 44.5 Å². The number of hydrogen-bond acceptors (Lipinski definition) is 2. The van der Waals surface area contributed by atoms with Gasteiger partial charge in [-0.15, -0.1) is 0 Å². The van der Waals surface area contributed by atoms with Gasteiger partial charge in [-0.25, -0.2) is 0 Å². The zero-order chi connectivity index (χ0) is 17.5. The number of carbonyl (C=O) groups is 1. The van der Waals surface area contributed by atoms with Crippen LogP contribution in [0.15, 0.2) is 48.5 Å². The second-order valence-corrected chi connectivity index (χ2v) is 6.27. The summed E-state index contributed by atoms with van der Waals surface area (Å²) in [6.07, 6.45) is 2.98. The third kappa shape index (κ3) is 4.60. The van der Waals surface area contributed by atoms with Crippen molar-refractivity contribution in [2.24, 2.45) is 5.92 Å². The van der Waals surface area contributed by atoms with E-state index in [9.17, 15) is 4.79 Å². The number of hydrogen-bond donors (Lipinski definition) is 0. The van der Waals surface area contributed by atoms with Gasteiger partial charge in [0.05, 0.1) is 7.11 Å². The van der Waals surface area contributed by atoms with Crippen LogP contribution in [0.3, 0.4) is 0 Å². The quantitative estimate of drug-likeness (QED) is 0.750. The molecule has 0 N–H and O–H groups in total. The fraction of sp³-hybridized carbons (Fsp3) is 0.381. The van der Waals surface area contributed by atoms with Crippen molar-refractivity contribution in [3.8, 4) is 5.75 Å². The molecule has 0 aliphatic carbocycles. The van der Waals surface area contributed by atoms with E-state index < -0.39 is 0 Å². The lowest BCUT2D eigenvalue weighted by Crippen LogP contribution is -2.32. The standard InChI is InChI=1S/C21H27NO2/c1-5-7-17-8-6-9-18(15-17)14-16(2)21(23)22(3)19-10-12-20(24-4)13-11-19/h6,8-13,15-16H,5,7,14H2,1-4H3/t16-/m0/s1. The topological polar surface area (TPSA) is 29.5 Å². The summed E-state index contributed by atoms with van der Waals surface area (Å²) in [4.78, 5) is 14.4. The summed E-state index contributed by atoms with van der Waals surface area (Å²) in [7, 11) is 3.47. The minimum Gasteiger partial charge on any atom is -0.497 e. The number of rotatable bonds is 7. The Morgan fingerprint density at radius 3 is 2.42 bits per heavy atom. The van der Waals surface area contributed by atoms with Crippen LogP contribution in [-0.4, -0.2) is 20.1 Å². The van der Waals surface area contributed by atoms with Gasteiger partial charge in [0.15, 0.2) is 0 Å². The molecule has 2 aromatic rings. The number of benzene rings is 2. The van der Waals surface area contributed by atoms with E-state index in [0.717, 1.165) is 30.7 Å². The maximum Gasteiger partial charge on any atom is 0.229 e. The lowest BCUT2D eigenvalue weighted by atomic mass is 9.97. The fourth-order valence-electron chi connectivity index (χ4n) is 2.91. The van der Waals surface area contributed by atoms with Crippen LogP contribution in [0, 0.1) is 5.92 Å². The van der Waals surface area contributed by atoms with Crippen molar-refractivity contribution < 1.29 is 9.53 Å². The number of amides is 1. The molecule has 0 radical (unpaired) electrons. The minimum absolute atomic E-state index is 0.0611. The van der Waals surface area contributed by atoms with Gasteiger partial charge in [0, 0.05) is 18.7 Å². The van der Waals surface area contributed by atoms with Crippen LogP contribution in [0.25, 0.3) is 0 Å². The molecule has 3 heteroatoms. The van der Waals surface area contributed by atoms with Gasteiger partial charge in [-0.2, -0.15) is 0 Å². The van der Waals surface area contributed by atoms with Crippen LogP contribution >= 0.6 is 0 Å². The van der Waals surface area contributed by atoms with Crippen LogP contribution in [0.1, 0.15) is 31.4 Å². The molecule has 0 fully saturated rings. The van der Waals surface area contributed by atoms with E-state index in [4.69, 9.17) is 4.74 Å². The molecule has 0 saturated heterocycles. The van der Waals surface area contributed by atoms with Crippen molar-refractivity contribution in [2.75, 3.05) is 19.1 Å². The molecule has 1 atom stereocenters. The largest absolute Gasteiger partial charge is 0.497 e. The highest BCUT2D eigenvalue weighted by molar-refractivity contribution is 5.94. The molecule has 3 nitrogen and oxygen atoms in total. The van der Waals surface area contributed by atoms with Gasteiger partial charge >= 0.3 is 0 Å². The predicted octanol–water partition coefficient (Wildman–Crippen LogP) is 4.49. The molecular weight excluding hydrogens is 298 g/mol. The SMILES string of the molecule is CCCc1cccc(C[C@H](C)C(=O)N(C)c2ccc(OC)cc2)c1. The highest BCUT2D eigenvalue weighted by Gasteiger charge is 2.19. The Labute approximate surface area is 145 Å². The number of carbonyl (C=O) groups excluding carboxylic acids is 1. The Bertz CT molecular complexity index is 664. The zero-order valence-corrected chi connectivity index (χ0v) is 15.1. The van der Waals surface area contributed by atoms with Crippen molar-refractivity contribution in [2.45, 2.75) is 33.1 Å². The molecule has 1 amide bonds. The Morgan fingerprint density at radius 2 is 1.79 bits per heavy atom. The molecule has 0 unspecified atom stereocenters. The van der Waals surface area contributed by atoms with Crippen molar-refractivity contribution in [3.63, 3.8) is 0 Å². The molecule has 128 valence electrons. The van der Waals surface area contributed by atoms with E-state index in [1.807, 2.05) is 38.2 Å². The normalized spacial score (nSPS) is 11.8. The molecule has 0 aliphatic rings. The van der Waals surface area contributed by atoms with Crippen molar-refractivity contribution in [1.82, 2.24) is 0 Å². The Morgan fingerprint density at radius 1 is 1.12 bits per heavy atom. The van der Waals surface area contributed by atoms with Crippen molar-refractivity contribution in [3.05, 3.63) is 59.7 Å². The van der Waals surface area contributed by atoms with Gasteiger partial charge in [0.25, 0.3) is 0 Å². The monoisotopic (exact) mass is 325 g/mol. The molecule has 0 heterocycles. The molecule has 2 aromatic carbocycles. The first-order valence-electron chi connectivity index (χ1n) is 8.54. The maximum absolute atomic E-state index is 12.7. The first-order valence-corrected chi connectivity index (χ1v) is 8.54. The van der Waals surface area contributed by atoms with Crippen molar-refractivity contribution in [1.29, 1.82) is 0 Å². The van der Waals surface area contributed by atoms with Gasteiger partial charge in [0.1, 0.15) is 5.75 Å². The van der Waals surface area contributed by atoms with Gasteiger partial charge in [-0.05, 0) is 48.2 Å². The van der Waals surface area contributed by atoms with Crippen LogP contribution in [0.4, 0.5) is 5.69 Å². The van der Waals surface area contributed by atoms with E-state index in [-0.39, 0.29) is 11.8 Å². The smallest absolute Gasteiger partial charge is 0.229 e. The van der Waals surface area contributed by atoms with Gasteiger partial charge in [-0.3, -0.25) is 4.79 Å². The molecule has 2 rings (SSSR count). The molecular formula is C21H27NO2. The lowest BCUT2D eigenvalue weighted by molar-refractivity contribution is -0.121. The molecule has 0 spiro atoms. The predicted molar refractivity (Wildman–Crippen MR) is 99.7 cm³/mol. The second kappa shape index (κ2) is 8.53. The summed E-state index contributed by atoms with van der Waals surface area (Å²) in [6.45, 7) is 4.18. The number of methoxy groups -OCH3 is 1. The van der Waals surface area contributed by atoms with E-state index in [2.05, 4.69) is 31.2 Å². The summed E-state index contributed by atoms with van der Waals surface area (Å²) in [5.74, 6) is 0.857. The van der Waals surface area contributed by atoms with Crippen molar-refractivity contribution >= 4 is 11.6 Å². The Balaban J connectivity index is 2.03. The summed E-state index contributed by atoms with van der Waals surface area (Å²) in [5.41, 5.74) is 3.45. The lowest BCUT2D eigenvalue weighted by Gasteiger charge is -2.22. The second-order valence-electron chi connectivity index (χ2n) is 6.27. The highest BCUT2D eigenvalue weighted by Crippen LogP contribution is 2.21. The molecule has 0 aromatic heterocycles. The first kappa shape index (κ1) is 18.1. The molecule has 0 bridgehead atoms. The molecule has 0 aliphatic heterocycles. The average molecular weight is 325 g/mol. The van der Waals surface area contributed by atoms with E-state index in [1.54, 1.807) is 12.0 Å². The maximum atomic E-state index is 12.7. The first-order chi connectivity index (χ1) is 11.5. The Hall–Kier alpha value is -2.29. The third-order valence-corrected chi connectivity index (χ3v) is 4.28. The summed E-state index contributed by atoms with van der Waals surface area (Å²) in [6, 6.07) is 16.1. The third-order valence-electron chi connectivity index (χ3n) is 4.28. The van der Waals surface area contributed by atoms with Crippen LogP contribution in [-0.2, 0) is 17.6 Å². The number of anilines is 1. The number of nitrogens with zero attached hydrogens (tertiary/aromatic N) is 1. The van der Waals surface area contributed by atoms with Crippen LogP contribution < -0.4 is 9.64 Å². The number of aryl methyl sites for hydroxylation is 1. The molecule has 0 saturated carbocycles. The fourth-order valence-corrected chi connectivity index (χ4v) is 2.91. The summed E-state index contributed by atoms with van der Waals surface area (Å²) >= 11 is 0. The Kier molecular flexibility index (Phi) is 6.42. The highest BCUT2D eigenvalue weighted by atomic mass is 16.5. The van der Waals surface area contributed by atoms with Crippen LogP contribution in [0.2, 0.25) is 0 Å². The van der Waals surface area contributed by atoms with Crippen LogP contribution in [0.5, 0.6) is 5.75 Å². The number of ether oxygens (including phenoxy) is 1. The zero-order valence-electron chi connectivity index (χ0n) is 15.1. The van der Waals surface area contributed by atoms with E-state index in [0.29, 0.717) is 0 Å². The molecule has 24 heavy (non-hydrogen) atoms. The summed E-state index contributed by atoms with van der Waals surface area (Å²) < 4.78 is 5.16.